The first-order valence-corrected chi connectivity index (χ1v) is 16.4. The Morgan fingerprint density at radius 3 is 2.50 bits per heavy atom. The summed E-state index contributed by atoms with van der Waals surface area (Å²) in [5.41, 5.74) is 1.27. The van der Waals surface area contributed by atoms with Gasteiger partial charge in [0.15, 0.2) is 8.32 Å². The molecule has 206 valence electrons. The summed E-state index contributed by atoms with van der Waals surface area (Å²) >= 11 is 6.38. The van der Waals surface area contributed by atoms with E-state index in [-0.39, 0.29) is 30.3 Å². The van der Waals surface area contributed by atoms with Gasteiger partial charge in [-0.3, -0.25) is 14.6 Å². The predicted octanol–water partition coefficient (Wildman–Crippen LogP) is 5.99. The molecule has 2 heterocycles. The molecule has 1 aliphatic carbocycles. The second-order valence-electron chi connectivity index (χ2n) is 11.5. The maximum absolute atomic E-state index is 13.5. The van der Waals surface area contributed by atoms with E-state index >= 15 is 0 Å². The highest BCUT2D eigenvalue weighted by atomic mass is 35.5. The number of carbonyl (C=O) groups excluding carboxylic acids is 2. The molecule has 1 saturated carbocycles. The number of aromatic nitrogens is 2. The molecular weight excluding hydrogens is 522 g/mol. The number of rotatable bonds is 7. The number of amides is 2. The number of para-hydroxylation sites is 1. The van der Waals surface area contributed by atoms with Gasteiger partial charge in [-0.25, -0.2) is 9.78 Å². The molecule has 9 nitrogen and oxygen atoms in total. The number of nitrogens with one attached hydrogen (secondary N) is 1. The molecule has 11 heteroatoms. The van der Waals surface area contributed by atoms with Gasteiger partial charge in [0.25, 0.3) is 0 Å². The van der Waals surface area contributed by atoms with Crippen LogP contribution in [0.1, 0.15) is 52.0 Å². The lowest BCUT2D eigenvalue weighted by molar-refractivity contribution is -0.138. The first-order valence-electron chi connectivity index (χ1n) is 13.1. The second kappa shape index (κ2) is 11.2. The third-order valence-corrected chi connectivity index (χ3v) is 12.7. The second-order valence-corrected chi connectivity index (χ2v) is 16.7. The third kappa shape index (κ3) is 6.13. The summed E-state index contributed by atoms with van der Waals surface area (Å²) < 4.78 is 11.5. The Morgan fingerprint density at radius 2 is 1.87 bits per heavy atom. The molecule has 0 bridgehead atoms. The molecule has 0 radical (unpaired) electrons. The highest BCUT2D eigenvalue weighted by Crippen LogP contribution is 2.39. The Balaban J connectivity index is 1.49. The highest BCUT2D eigenvalue weighted by Gasteiger charge is 2.40. The first-order chi connectivity index (χ1) is 17.9. The van der Waals surface area contributed by atoms with Crippen molar-refractivity contribution in [2.45, 2.75) is 83.3 Å². The largest absolute Gasteiger partial charge is 0.468 e. The van der Waals surface area contributed by atoms with Crippen LogP contribution in [0.5, 0.6) is 0 Å². The van der Waals surface area contributed by atoms with Crippen LogP contribution >= 0.6 is 11.6 Å². The number of halogens is 1. The van der Waals surface area contributed by atoms with E-state index in [4.69, 9.17) is 20.8 Å². The molecule has 1 fully saturated rings. The summed E-state index contributed by atoms with van der Waals surface area (Å²) in [6.45, 7) is 11.4. The van der Waals surface area contributed by atoms with E-state index in [0.717, 1.165) is 25.7 Å². The molecule has 1 aliphatic heterocycles. The number of urea groups is 1. The van der Waals surface area contributed by atoms with Crippen LogP contribution in [0.4, 0.5) is 22.2 Å². The number of anilines is 3. The van der Waals surface area contributed by atoms with Gasteiger partial charge in [0.05, 0.1) is 24.4 Å². The van der Waals surface area contributed by atoms with E-state index in [2.05, 4.69) is 49.1 Å². The number of benzene rings is 1. The van der Waals surface area contributed by atoms with Crippen LogP contribution in [0.15, 0.2) is 30.5 Å². The molecule has 0 saturated heterocycles. The van der Waals surface area contributed by atoms with Gasteiger partial charge >= 0.3 is 12.0 Å². The molecule has 4 rings (SSSR count). The maximum atomic E-state index is 13.5. The Bertz CT molecular complexity index is 1180. The zero-order valence-electron chi connectivity index (χ0n) is 23.1. The van der Waals surface area contributed by atoms with Crippen LogP contribution in [0.25, 0.3) is 0 Å². The smallest absolute Gasteiger partial charge is 0.331 e. The van der Waals surface area contributed by atoms with E-state index in [1.54, 1.807) is 24.4 Å². The number of nitrogens with zero attached hydrogens (tertiary/aromatic N) is 4. The number of fused-ring (bicyclic) bond motifs is 1. The minimum Gasteiger partial charge on any atom is -0.468 e. The van der Waals surface area contributed by atoms with Crippen LogP contribution in [-0.4, -0.2) is 56.1 Å². The topological polar surface area (TPSA) is 96.9 Å². The van der Waals surface area contributed by atoms with Crippen molar-refractivity contribution in [1.82, 2.24) is 9.97 Å². The number of esters is 1. The van der Waals surface area contributed by atoms with Crippen molar-refractivity contribution in [2.24, 2.45) is 0 Å². The van der Waals surface area contributed by atoms with Crippen LogP contribution < -0.4 is 15.1 Å². The van der Waals surface area contributed by atoms with Gasteiger partial charge in [-0.1, -0.05) is 44.5 Å². The van der Waals surface area contributed by atoms with Gasteiger partial charge in [0.2, 0.25) is 5.95 Å². The minimum atomic E-state index is -1.80. The quantitative estimate of drug-likeness (QED) is 0.328. The lowest BCUT2D eigenvalue weighted by atomic mass is 9.93. The predicted molar refractivity (Wildman–Crippen MR) is 152 cm³/mol. The molecule has 2 aromatic rings. The van der Waals surface area contributed by atoms with E-state index < -0.39 is 20.3 Å². The SMILES string of the molecule is COC(=O)CN1C(=O)N(c2ccccc2Cl)Cc2cnc(N[C@H]3CC[C@H](O[Si](C)(C)C(C)(C)C)CC3)nc21. The first kappa shape index (κ1) is 28.3. The zero-order valence-corrected chi connectivity index (χ0v) is 24.8. The molecule has 0 atom stereocenters. The van der Waals surface area contributed by atoms with Crippen molar-refractivity contribution in [3.8, 4) is 0 Å². The summed E-state index contributed by atoms with van der Waals surface area (Å²) in [6.07, 6.45) is 5.85. The van der Waals surface area contributed by atoms with Gasteiger partial charge in [-0.15, -0.1) is 0 Å². The normalized spacial score (nSPS) is 20.2. The molecule has 1 aromatic heterocycles. The van der Waals surface area contributed by atoms with Gasteiger partial charge < -0.3 is 14.5 Å². The highest BCUT2D eigenvalue weighted by molar-refractivity contribution is 6.74. The summed E-state index contributed by atoms with van der Waals surface area (Å²) in [5, 5.41) is 4.07. The Morgan fingerprint density at radius 1 is 1.18 bits per heavy atom. The minimum absolute atomic E-state index is 0.188. The molecule has 2 aliphatic rings. The molecule has 38 heavy (non-hydrogen) atoms. The lowest BCUT2D eigenvalue weighted by Gasteiger charge is -2.41. The monoisotopic (exact) mass is 559 g/mol. The fourth-order valence-corrected chi connectivity index (χ4v) is 6.24. The fraction of sp³-hybridized carbons (Fsp3) is 0.556. The van der Waals surface area contributed by atoms with Crippen molar-refractivity contribution in [3.05, 3.63) is 41.0 Å². The molecule has 2 amide bonds. The van der Waals surface area contributed by atoms with Crippen molar-refractivity contribution < 1.29 is 18.8 Å². The third-order valence-electron chi connectivity index (χ3n) is 7.82. The standard InChI is InChI=1S/C27H38ClN5O4Si/c1-27(2,3)38(5,6)37-20-13-11-19(12-14-20)30-25-29-15-18-16-32(22-10-8-7-9-21(22)28)26(35)33(24(18)31-25)17-23(34)36-4/h7-10,15,19-20H,11-14,16-17H2,1-6H3,(H,29,30,31)/t19-,20-. The van der Waals surface area contributed by atoms with Crippen LogP contribution in [0.2, 0.25) is 23.2 Å². The molecule has 1 aromatic carbocycles. The average Bonchev–Trinajstić information content (AvgIpc) is 2.86. The van der Waals surface area contributed by atoms with Gasteiger partial charge in [0, 0.05) is 23.9 Å². The number of ether oxygens (including phenoxy) is 1. The molecular formula is C27H38ClN5O4Si. The van der Waals surface area contributed by atoms with Gasteiger partial charge in [-0.05, 0) is 55.9 Å². The lowest BCUT2D eigenvalue weighted by Crippen LogP contribution is -2.50. The number of hydrogen-bond acceptors (Lipinski definition) is 7. The Labute approximate surface area is 231 Å². The number of methoxy groups -OCH3 is 1. The molecule has 0 unspecified atom stereocenters. The molecule has 0 spiro atoms. The van der Waals surface area contributed by atoms with Crippen LogP contribution in [0, 0.1) is 0 Å². The summed E-state index contributed by atoms with van der Waals surface area (Å²) in [4.78, 5) is 37.8. The van der Waals surface area contributed by atoms with E-state index in [1.165, 1.54) is 16.9 Å². The maximum Gasteiger partial charge on any atom is 0.331 e. The zero-order chi connectivity index (χ0) is 27.7. The number of carbonyl (C=O) groups is 2. The van der Waals surface area contributed by atoms with Crippen molar-refractivity contribution in [2.75, 3.05) is 28.8 Å². The fourth-order valence-electron chi connectivity index (χ4n) is 4.58. The Hall–Kier alpha value is -2.69. The van der Waals surface area contributed by atoms with E-state index in [9.17, 15) is 9.59 Å². The van der Waals surface area contributed by atoms with E-state index in [0.29, 0.717) is 28.0 Å². The molecule has 1 N–H and O–H groups in total. The van der Waals surface area contributed by atoms with Crippen molar-refractivity contribution in [3.63, 3.8) is 0 Å². The average molecular weight is 560 g/mol. The summed E-state index contributed by atoms with van der Waals surface area (Å²) in [6, 6.07) is 6.91. The summed E-state index contributed by atoms with van der Waals surface area (Å²) in [7, 11) is -0.509. The number of hydrogen-bond donors (Lipinski definition) is 1. The Kier molecular flexibility index (Phi) is 8.34. The van der Waals surface area contributed by atoms with Gasteiger partial charge in [-0.2, -0.15) is 4.98 Å². The summed E-state index contributed by atoms with van der Waals surface area (Å²) in [5.74, 6) is 0.293. The van der Waals surface area contributed by atoms with Crippen LogP contribution in [0.3, 0.4) is 0 Å². The van der Waals surface area contributed by atoms with E-state index in [1.807, 2.05) is 6.07 Å². The van der Waals surface area contributed by atoms with Crippen molar-refractivity contribution in [1.29, 1.82) is 0 Å². The van der Waals surface area contributed by atoms with Crippen LogP contribution in [-0.2, 0) is 20.5 Å². The van der Waals surface area contributed by atoms with Crippen molar-refractivity contribution >= 4 is 49.4 Å². The van der Waals surface area contributed by atoms with Gasteiger partial charge in [0.1, 0.15) is 12.4 Å².